The lowest BCUT2D eigenvalue weighted by Crippen LogP contribution is -2.41. The normalized spacial score (nSPS) is 18.0. The number of aromatic amines is 1. The van der Waals surface area contributed by atoms with E-state index in [4.69, 9.17) is 0 Å². The number of amides is 1. The lowest BCUT2D eigenvalue weighted by Gasteiger charge is -2.21. The van der Waals surface area contributed by atoms with Crippen LogP contribution >= 0.6 is 0 Å². The summed E-state index contributed by atoms with van der Waals surface area (Å²) in [6.07, 6.45) is 5.57. The van der Waals surface area contributed by atoms with Crippen molar-refractivity contribution in [2.45, 2.75) is 31.7 Å². The number of carbonyl (C=O) groups excluding carboxylic acids is 1. The van der Waals surface area contributed by atoms with Gasteiger partial charge in [0.25, 0.3) is 0 Å². The van der Waals surface area contributed by atoms with Gasteiger partial charge in [-0.25, -0.2) is 0 Å². The number of hydrogen-bond acceptors (Lipinski definition) is 3. The van der Waals surface area contributed by atoms with Gasteiger partial charge in [-0.2, -0.15) is 0 Å². The molecule has 2 aromatic rings. The van der Waals surface area contributed by atoms with E-state index < -0.39 is 0 Å². The highest BCUT2D eigenvalue weighted by Gasteiger charge is 2.18. The van der Waals surface area contributed by atoms with E-state index in [0.29, 0.717) is 12.5 Å². The van der Waals surface area contributed by atoms with E-state index in [2.05, 4.69) is 40.2 Å². The summed E-state index contributed by atoms with van der Waals surface area (Å²) in [5.74, 6) is 0.230. The number of nitrogens with one attached hydrogen (secondary N) is 3. The average molecular weight is 300 g/mol. The number of nitrogens with zero attached hydrogens (tertiary/aromatic N) is 1. The molecule has 1 aromatic carbocycles. The Labute approximate surface area is 131 Å². The van der Waals surface area contributed by atoms with Crippen molar-refractivity contribution in [2.24, 2.45) is 0 Å². The molecule has 0 radical (unpaired) electrons. The van der Waals surface area contributed by atoms with Gasteiger partial charge in [0.15, 0.2) is 0 Å². The van der Waals surface area contributed by atoms with Crippen LogP contribution in [0.5, 0.6) is 0 Å². The molecule has 0 saturated carbocycles. The quantitative estimate of drug-likeness (QED) is 0.762. The van der Waals surface area contributed by atoms with Gasteiger partial charge in [0.1, 0.15) is 0 Å². The van der Waals surface area contributed by atoms with Crippen LogP contribution in [0.4, 0.5) is 0 Å². The van der Waals surface area contributed by atoms with Gasteiger partial charge in [0.05, 0.1) is 0 Å². The molecule has 1 aromatic heterocycles. The van der Waals surface area contributed by atoms with Gasteiger partial charge < -0.3 is 9.88 Å². The Hall–Kier alpha value is -1.85. The largest absolute Gasteiger partial charge is 0.361 e. The lowest BCUT2D eigenvalue weighted by molar-refractivity contribution is -0.130. The van der Waals surface area contributed by atoms with Crippen LogP contribution in [0.3, 0.4) is 0 Å². The van der Waals surface area contributed by atoms with Crippen LogP contribution in [0.1, 0.15) is 24.8 Å². The fraction of sp³-hybridized carbons (Fsp3) is 0.471. The molecule has 22 heavy (non-hydrogen) atoms. The molecule has 1 unspecified atom stereocenters. The van der Waals surface area contributed by atoms with Crippen LogP contribution in [0.2, 0.25) is 0 Å². The highest BCUT2D eigenvalue weighted by Crippen LogP contribution is 2.19. The number of aryl methyl sites for hydroxylation is 1. The topological polar surface area (TPSA) is 60.2 Å². The minimum absolute atomic E-state index is 0.230. The van der Waals surface area contributed by atoms with Gasteiger partial charge in [-0.1, -0.05) is 18.2 Å². The Bertz CT molecular complexity index is 630. The Balaban J connectivity index is 1.46. The molecule has 0 spiro atoms. The van der Waals surface area contributed by atoms with Crippen LogP contribution in [-0.4, -0.2) is 42.0 Å². The minimum Gasteiger partial charge on any atom is -0.361 e. The molecule has 1 aliphatic rings. The zero-order valence-corrected chi connectivity index (χ0v) is 13.1. The minimum atomic E-state index is 0.230. The molecule has 118 valence electrons. The summed E-state index contributed by atoms with van der Waals surface area (Å²) >= 11 is 0. The van der Waals surface area contributed by atoms with Gasteiger partial charge in [-0.05, 0) is 30.9 Å². The van der Waals surface area contributed by atoms with Crippen LogP contribution in [0, 0.1) is 0 Å². The number of hydrazine groups is 1. The summed E-state index contributed by atoms with van der Waals surface area (Å²) in [5, 5.41) is 1.27. The first-order chi connectivity index (χ1) is 10.7. The molecule has 2 heterocycles. The molecule has 5 heteroatoms. The van der Waals surface area contributed by atoms with Gasteiger partial charge >= 0.3 is 0 Å². The maximum absolute atomic E-state index is 12.2. The van der Waals surface area contributed by atoms with E-state index in [1.807, 2.05) is 18.0 Å². The predicted molar refractivity (Wildman–Crippen MR) is 88.4 cm³/mol. The Kier molecular flexibility index (Phi) is 4.75. The fourth-order valence-electron chi connectivity index (χ4n) is 3.06. The number of likely N-dealkylation sites (N-methyl/N-ethyl adjacent to an activating group) is 1. The van der Waals surface area contributed by atoms with E-state index in [-0.39, 0.29) is 5.91 Å². The maximum atomic E-state index is 12.2. The SMILES string of the molecule is CN(CC1CCNN1)C(=O)CCCc1c[nH]c2ccccc12. The first-order valence-electron chi connectivity index (χ1n) is 8.01. The van der Waals surface area contributed by atoms with E-state index >= 15 is 0 Å². The van der Waals surface area contributed by atoms with Gasteiger partial charge in [-0.15, -0.1) is 0 Å². The van der Waals surface area contributed by atoms with Crippen molar-refractivity contribution in [3.63, 3.8) is 0 Å². The van der Waals surface area contributed by atoms with Gasteiger partial charge in [0.2, 0.25) is 5.91 Å². The molecule has 1 fully saturated rings. The number of aromatic nitrogens is 1. The number of para-hydroxylation sites is 1. The summed E-state index contributed by atoms with van der Waals surface area (Å²) in [5.41, 5.74) is 8.76. The first kappa shape index (κ1) is 15.1. The molecule has 3 rings (SSSR count). The second-order valence-electron chi connectivity index (χ2n) is 6.04. The van der Waals surface area contributed by atoms with E-state index in [0.717, 1.165) is 32.4 Å². The molecular weight excluding hydrogens is 276 g/mol. The first-order valence-corrected chi connectivity index (χ1v) is 8.01. The van der Waals surface area contributed by atoms with Crippen LogP contribution < -0.4 is 10.9 Å². The number of carbonyl (C=O) groups is 1. The summed E-state index contributed by atoms with van der Waals surface area (Å²) in [7, 11) is 1.90. The lowest BCUT2D eigenvalue weighted by atomic mass is 10.1. The Morgan fingerprint density at radius 2 is 2.23 bits per heavy atom. The van der Waals surface area contributed by atoms with Crippen molar-refractivity contribution in [1.29, 1.82) is 0 Å². The number of fused-ring (bicyclic) bond motifs is 1. The molecule has 1 saturated heterocycles. The fourth-order valence-corrected chi connectivity index (χ4v) is 3.06. The molecule has 1 amide bonds. The average Bonchev–Trinajstić information content (AvgIpc) is 3.17. The predicted octanol–water partition coefficient (Wildman–Crippen LogP) is 1.82. The summed E-state index contributed by atoms with van der Waals surface area (Å²) in [6, 6.07) is 8.69. The molecule has 1 aliphatic heterocycles. The highest BCUT2D eigenvalue weighted by molar-refractivity contribution is 5.83. The second kappa shape index (κ2) is 6.94. The number of hydrogen-bond donors (Lipinski definition) is 3. The molecule has 0 aliphatic carbocycles. The number of H-pyrrole nitrogens is 1. The second-order valence-corrected chi connectivity index (χ2v) is 6.04. The van der Waals surface area contributed by atoms with Crippen LogP contribution in [-0.2, 0) is 11.2 Å². The molecular formula is C17H24N4O. The van der Waals surface area contributed by atoms with Crippen molar-refractivity contribution in [1.82, 2.24) is 20.7 Å². The summed E-state index contributed by atoms with van der Waals surface area (Å²) in [4.78, 5) is 17.3. The van der Waals surface area contributed by atoms with Crippen LogP contribution in [0.15, 0.2) is 30.5 Å². The van der Waals surface area contributed by atoms with Gasteiger partial charge in [-0.3, -0.25) is 15.6 Å². The Morgan fingerprint density at radius 1 is 1.36 bits per heavy atom. The molecule has 0 bridgehead atoms. The van der Waals surface area contributed by atoms with Crippen molar-refractivity contribution in [3.05, 3.63) is 36.0 Å². The van der Waals surface area contributed by atoms with Gasteiger partial charge in [0, 0.05) is 49.7 Å². The zero-order chi connectivity index (χ0) is 15.4. The third kappa shape index (κ3) is 3.48. The third-order valence-corrected chi connectivity index (χ3v) is 4.36. The highest BCUT2D eigenvalue weighted by atomic mass is 16.2. The zero-order valence-electron chi connectivity index (χ0n) is 13.1. The monoisotopic (exact) mass is 300 g/mol. The number of benzene rings is 1. The standard InChI is InChI=1S/C17H24N4O/c1-21(12-14-9-10-19-20-14)17(22)8-4-5-13-11-18-16-7-3-2-6-15(13)16/h2-3,6-7,11,14,18-20H,4-5,8-10,12H2,1H3. The Morgan fingerprint density at radius 3 is 3.05 bits per heavy atom. The summed E-state index contributed by atoms with van der Waals surface area (Å²) in [6.45, 7) is 1.76. The molecule has 1 atom stereocenters. The molecule has 3 N–H and O–H groups in total. The van der Waals surface area contributed by atoms with Crippen LogP contribution in [0.25, 0.3) is 10.9 Å². The summed E-state index contributed by atoms with van der Waals surface area (Å²) < 4.78 is 0. The van der Waals surface area contributed by atoms with Crippen molar-refractivity contribution >= 4 is 16.8 Å². The van der Waals surface area contributed by atoms with E-state index in [9.17, 15) is 4.79 Å². The maximum Gasteiger partial charge on any atom is 0.222 e. The van der Waals surface area contributed by atoms with E-state index in [1.165, 1.54) is 16.5 Å². The third-order valence-electron chi connectivity index (χ3n) is 4.36. The van der Waals surface area contributed by atoms with Crippen molar-refractivity contribution in [2.75, 3.05) is 20.1 Å². The molecule has 5 nitrogen and oxygen atoms in total. The smallest absolute Gasteiger partial charge is 0.222 e. The van der Waals surface area contributed by atoms with E-state index in [1.54, 1.807) is 0 Å². The number of rotatable bonds is 6. The van der Waals surface area contributed by atoms with Crippen molar-refractivity contribution < 1.29 is 4.79 Å². The van der Waals surface area contributed by atoms with Crippen molar-refractivity contribution in [3.8, 4) is 0 Å².